The lowest BCUT2D eigenvalue weighted by molar-refractivity contribution is 0.568. The van der Waals surface area contributed by atoms with Crippen LogP contribution in [0.25, 0.3) is 0 Å². The molecule has 0 aromatic heterocycles. The fourth-order valence-electron chi connectivity index (χ4n) is 0.783. The van der Waals surface area contributed by atoms with E-state index in [2.05, 4.69) is 17.1 Å². The maximum Gasteiger partial charge on any atom is 0.266 e. The highest BCUT2D eigenvalue weighted by Gasteiger charge is 2.18. The van der Waals surface area contributed by atoms with Crippen molar-refractivity contribution in [1.29, 1.82) is 0 Å². The first kappa shape index (κ1) is 12.5. The minimum atomic E-state index is -2.32. The Balaban J connectivity index is 3.90. The zero-order valence-electron chi connectivity index (χ0n) is 8.09. The molecule has 0 rings (SSSR count). The third-order valence-corrected chi connectivity index (χ3v) is 6.04. The standard InChI is InChI=1S/C7H19N2OPS/c1-4-7-12-11(10,8-5-2)9-6-3/h4-7H2,1-3H3,(H2,8,9,10). The van der Waals surface area contributed by atoms with E-state index >= 15 is 0 Å². The summed E-state index contributed by atoms with van der Waals surface area (Å²) in [6.45, 7) is 5.21. The largest absolute Gasteiger partial charge is 0.277 e. The van der Waals surface area contributed by atoms with Crippen LogP contribution >= 0.6 is 18.0 Å². The Morgan fingerprint density at radius 1 is 1.17 bits per heavy atom. The second-order valence-electron chi connectivity index (χ2n) is 2.41. The fraction of sp³-hybridized carbons (Fsp3) is 1.00. The van der Waals surface area contributed by atoms with E-state index in [1.807, 2.05) is 13.8 Å². The molecular weight excluding hydrogens is 191 g/mol. The van der Waals surface area contributed by atoms with Gasteiger partial charge in [0.05, 0.1) is 0 Å². The molecule has 0 aromatic carbocycles. The minimum Gasteiger partial charge on any atom is -0.277 e. The van der Waals surface area contributed by atoms with Crippen molar-refractivity contribution in [2.24, 2.45) is 0 Å². The third kappa shape index (κ3) is 5.20. The smallest absolute Gasteiger partial charge is 0.266 e. The number of hydrogen-bond donors (Lipinski definition) is 2. The molecule has 12 heavy (non-hydrogen) atoms. The predicted octanol–water partition coefficient (Wildman–Crippen LogP) is 2.46. The molecule has 0 bridgehead atoms. The first-order valence-electron chi connectivity index (χ1n) is 4.43. The fourth-order valence-corrected chi connectivity index (χ4v) is 4.99. The van der Waals surface area contributed by atoms with E-state index in [4.69, 9.17) is 0 Å². The molecular formula is C7H19N2OPS. The molecule has 0 aliphatic rings. The van der Waals surface area contributed by atoms with Gasteiger partial charge in [-0.2, -0.15) is 0 Å². The van der Waals surface area contributed by atoms with Crippen LogP contribution in [0.5, 0.6) is 0 Å². The zero-order valence-corrected chi connectivity index (χ0v) is 9.80. The van der Waals surface area contributed by atoms with Crippen molar-refractivity contribution in [2.75, 3.05) is 18.8 Å². The molecule has 3 nitrogen and oxygen atoms in total. The summed E-state index contributed by atoms with van der Waals surface area (Å²) in [4.78, 5) is 0. The second-order valence-corrected chi connectivity index (χ2v) is 7.13. The van der Waals surface area contributed by atoms with Crippen LogP contribution in [0.3, 0.4) is 0 Å². The Morgan fingerprint density at radius 2 is 1.67 bits per heavy atom. The Hall–Kier alpha value is 0.500. The summed E-state index contributed by atoms with van der Waals surface area (Å²) in [5.41, 5.74) is 0. The molecule has 0 saturated heterocycles. The van der Waals surface area contributed by atoms with Crippen LogP contribution in [0.4, 0.5) is 0 Å². The van der Waals surface area contributed by atoms with Gasteiger partial charge < -0.3 is 0 Å². The molecule has 0 fully saturated rings. The van der Waals surface area contributed by atoms with E-state index in [1.54, 1.807) is 0 Å². The van der Waals surface area contributed by atoms with Crippen molar-refractivity contribution >= 4 is 18.0 Å². The molecule has 0 unspecified atom stereocenters. The van der Waals surface area contributed by atoms with Gasteiger partial charge in [0.1, 0.15) is 0 Å². The Morgan fingerprint density at radius 3 is 2.00 bits per heavy atom. The normalized spacial score (nSPS) is 11.9. The summed E-state index contributed by atoms with van der Waals surface area (Å²) in [6.07, 6.45) is 1.06. The van der Waals surface area contributed by atoms with Crippen LogP contribution < -0.4 is 10.2 Å². The van der Waals surface area contributed by atoms with E-state index in [0.29, 0.717) is 0 Å². The van der Waals surface area contributed by atoms with Crippen LogP contribution in [-0.4, -0.2) is 18.8 Å². The van der Waals surface area contributed by atoms with Crippen LogP contribution in [0.1, 0.15) is 27.2 Å². The molecule has 0 heterocycles. The molecule has 0 spiro atoms. The van der Waals surface area contributed by atoms with E-state index in [1.165, 1.54) is 11.4 Å². The van der Waals surface area contributed by atoms with Gasteiger partial charge in [0, 0.05) is 18.8 Å². The van der Waals surface area contributed by atoms with Crippen molar-refractivity contribution in [1.82, 2.24) is 10.2 Å². The summed E-state index contributed by atoms with van der Waals surface area (Å²) < 4.78 is 11.9. The van der Waals surface area contributed by atoms with Crippen molar-refractivity contribution < 1.29 is 4.57 Å². The van der Waals surface area contributed by atoms with Gasteiger partial charge >= 0.3 is 0 Å². The number of rotatable bonds is 7. The quantitative estimate of drug-likeness (QED) is 0.633. The summed E-state index contributed by atoms with van der Waals surface area (Å²) in [5, 5.41) is 6.00. The minimum absolute atomic E-state index is 0.751. The highest BCUT2D eigenvalue weighted by Crippen LogP contribution is 2.50. The molecule has 74 valence electrons. The highest BCUT2D eigenvalue weighted by atomic mass is 32.7. The van der Waals surface area contributed by atoms with Crippen molar-refractivity contribution in [3.8, 4) is 0 Å². The van der Waals surface area contributed by atoms with Gasteiger partial charge in [-0.05, 0) is 6.42 Å². The summed E-state index contributed by atoms with van der Waals surface area (Å²) in [7, 11) is 0. The van der Waals surface area contributed by atoms with Crippen LogP contribution in [0.15, 0.2) is 0 Å². The van der Waals surface area contributed by atoms with Crippen molar-refractivity contribution in [3.63, 3.8) is 0 Å². The number of nitrogens with one attached hydrogen (secondary N) is 2. The molecule has 0 saturated carbocycles. The molecule has 2 N–H and O–H groups in total. The second kappa shape index (κ2) is 6.96. The van der Waals surface area contributed by atoms with Crippen LogP contribution in [0, 0.1) is 0 Å². The maximum absolute atomic E-state index is 11.9. The Bertz CT molecular complexity index is 144. The Labute approximate surface area is 79.3 Å². The van der Waals surface area contributed by atoms with Gasteiger partial charge in [0.25, 0.3) is 6.65 Å². The maximum atomic E-state index is 11.9. The third-order valence-electron chi connectivity index (χ3n) is 1.21. The molecule has 0 atom stereocenters. The summed E-state index contributed by atoms with van der Waals surface area (Å²) in [5.74, 6) is 0.942. The van der Waals surface area contributed by atoms with Gasteiger partial charge in [-0.15, -0.1) is 0 Å². The predicted molar refractivity (Wildman–Crippen MR) is 57.7 cm³/mol. The van der Waals surface area contributed by atoms with Crippen molar-refractivity contribution in [3.05, 3.63) is 0 Å². The average molecular weight is 210 g/mol. The van der Waals surface area contributed by atoms with Gasteiger partial charge in [-0.1, -0.05) is 32.2 Å². The summed E-state index contributed by atoms with van der Waals surface area (Å²) >= 11 is 1.51. The van der Waals surface area contributed by atoms with Gasteiger partial charge in [-0.3, -0.25) is 4.57 Å². The van der Waals surface area contributed by atoms with E-state index < -0.39 is 6.65 Å². The van der Waals surface area contributed by atoms with Crippen LogP contribution in [0.2, 0.25) is 0 Å². The van der Waals surface area contributed by atoms with Crippen LogP contribution in [-0.2, 0) is 4.57 Å². The topological polar surface area (TPSA) is 41.1 Å². The first-order chi connectivity index (χ1) is 5.68. The van der Waals surface area contributed by atoms with Gasteiger partial charge in [-0.25, -0.2) is 10.2 Å². The van der Waals surface area contributed by atoms with Gasteiger partial charge in [0.15, 0.2) is 0 Å². The summed E-state index contributed by atoms with van der Waals surface area (Å²) in [6, 6.07) is 0. The van der Waals surface area contributed by atoms with Gasteiger partial charge in [0.2, 0.25) is 0 Å². The Kier molecular flexibility index (Phi) is 7.25. The molecule has 0 aliphatic carbocycles. The van der Waals surface area contributed by atoms with Crippen molar-refractivity contribution in [2.45, 2.75) is 27.2 Å². The average Bonchev–Trinajstić information content (AvgIpc) is 2.02. The highest BCUT2D eigenvalue weighted by molar-refractivity contribution is 8.56. The SMILES string of the molecule is CCCSP(=O)(NCC)NCC. The zero-order chi connectivity index (χ0) is 9.45. The molecule has 0 aromatic rings. The number of hydrogen-bond acceptors (Lipinski definition) is 2. The first-order valence-corrected chi connectivity index (χ1v) is 7.73. The molecule has 0 aliphatic heterocycles. The molecule has 0 amide bonds. The molecule has 0 radical (unpaired) electrons. The lowest BCUT2D eigenvalue weighted by atomic mass is 10.6. The monoisotopic (exact) mass is 210 g/mol. The lowest BCUT2D eigenvalue weighted by Crippen LogP contribution is -2.20. The lowest BCUT2D eigenvalue weighted by Gasteiger charge is -2.17. The van der Waals surface area contributed by atoms with E-state index in [9.17, 15) is 4.57 Å². The van der Waals surface area contributed by atoms with E-state index in [-0.39, 0.29) is 0 Å². The molecule has 5 heteroatoms. The van der Waals surface area contributed by atoms with E-state index in [0.717, 1.165) is 25.3 Å².